The van der Waals surface area contributed by atoms with E-state index in [9.17, 15) is 0 Å². The summed E-state index contributed by atoms with van der Waals surface area (Å²) in [5.74, 6) is 1.38. The van der Waals surface area contributed by atoms with Crippen LogP contribution in [0.5, 0.6) is 0 Å². The lowest BCUT2D eigenvalue weighted by atomic mass is 10.3. The van der Waals surface area contributed by atoms with Gasteiger partial charge >= 0.3 is 0 Å². The summed E-state index contributed by atoms with van der Waals surface area (Å²) in [7, 11) is 1.64. The first kappa shape index (κ1) is 14.2. The Morgan fingerprint density at radius 2 is 2.00 bits per heavy atom. The molecule has 1 aromatic rings. The van der Waals surface area contributed by atoms with Crippen molar-refractivity contribution >= 4 is 17.4 Å². The summed E-state index contributed by atoms with van der Waals surface area (Å²) in [6.45, 7) is 5.45. The normalized spacial score (nSPS) is 10.6. The van der Waals surface area contributed by atoms with E-state index in [0.717, 1.165) is 11.4 Å². The lowest BCUT2D eigenvalue weighted by Crippen LogP contribution is -2.32. The van der Waals surface area contributed by atoms with E-state index >= 15 is 0 Å². The molecule has 0 saturated carbocycles. The molecular formula is C11H18ClN3O2. The van der Waals surface area contributed by atoms with Crippen LogP contribution in [0.2, 0.25) is 5.15 Å². The Labute approximate surface area is 106 Å². The van der Waals surface area contributed by atoms with E-state index in [0.29, 0.717) is 30.7 Å². The summed E-state index contributed by atoms with van der Waals surface area (Å²) in [4.78, 5) is 10.4. The minimum absolute atomic E-state index is 0.0593. The molecule has 17 heavy (non-hydrogen) atoms. The number of aryl methyl sites for hydroxylation is 1. The molecule has 6 heteroatoms. The molecule has 0 aliphatic carbocycles. The zero-order valence-electron chi connectivity index (χ0n) is 10.4. The second kappa shape index (κ2) is 6.74. The first-order valence-electron chi connectivity index (χ1n) is 5.45. The van der Waals surface area contributed by atoms with Gasteiger partial charge in [-0.1, -0.05) is 11.6 Å². The average Bonchev–Trinajstić information content (AvgIpc) is 2.29. The van der Waals surface area contributed by atoms with Gasteiger partial charge in [-0.05, 0) is 13.8 Å². The number of anilines is 1. The van der Waals surface area contributed by atoms with Crippen LogP contribution in [0.4, 0.5) is 5.82 Å². The van der Waals surface area contributed by atoms with Crippen molar-refractivity contribution in [2.45, 2.75) is 13.8 Å². The van der Waals surface area contributed by atoms with Gasteiger partial charge in [0.15, 0.2) is 0 Å². The van der Waals surface area contributed by atoms with E-state index in [1.807, 2.05) is 11.8 Å². The van der Waals surface area contributed by atoms with Gasteiger partial charge in [-0.15, -0.1) is 0 Å². The number of hydrogen-bond donors (Lipinski definition) is 1. The number of aliphatic hydroxyl groups is 1. The third kappa shape index (κ3) is 3.80. The highest BCUT2D eigenvalue weighted by Crippen LogP contribution is 2.22. The number of aromatic nitrogens is 2. The molecule has 1 aromatic heterocycles. The van der Waals surface area contributed by atoms with Crippen LogP contribution in [0.15, 0.2) is 0 Å². The molecular weight excluding hydrogens is 242 g/mol. The maximum absolute atomic E-state index is 9.07. The van der Waals surface area contributed by atoms with Crippen molar-refractivity contribution in [1.29, 1.82) is 0 Å². The van der Waals surface area contributed by atoms with Crippen molar-refractivity contribution in [3.8, 4) is 0 Å². The van der Waals surface area contributed by atoms with Crippen molar-refractivity contribution in [3.05, 3.63) is 16.5 Å². The molecule has 0 spiro atoms. The standard InChI is InChI=1S/C11H18ClN3O2/c1-8-10(12)13-9(2)14-11(8)15(4-6-16)5-7-17-3/h16H,4-7H2,1-3H3. The summed E-state index contributed by atoms with van der Waals surface area (Å²) >= 11 is 6.03. The number of rotatable bonds is 6. The second-order valence-corrected chi connectivity index (χ2v) is 4.07. The molecule has 0 amide bonds. The predicted octanol–water partition coefficient (Wildman–Crippen LogP) is 1.19. The topological polar surface area (TPSA) is 58.5 Å². The van der Waals surface area contributed by atoms with E-state index < -0.39 is 0 Å². The van der Waals surface area contributed by atoms with Gasteiger partial charge in [0.2, 0.25) is 0 Å². The number of halogens is 1. The first-order valence-corrected chi connectivity index (χ1v) is 5.83. The van der Waals surface area contributed by atoms with Crippen LogP contribution < -0.4 is 4.90 Å². The van der Waals surface area contributed by atoms with Crippen LogP contribution in [0, 0.1) is 13.8 Å². The Hall–Kier alpha value is -0.910. The van der Waals surface area contributed by atoms with E-state index in [2.05, 4.69) is 9.97 Å². The van der Waals surface area contributed by atoms with Crippen LogP contribution in [-0.4, -0.2) is 48.5 Å². The zero-order valence-corrected chi connectivity index (χ0v) is 11.2. The third-order valence-corrected chi connectivity index (χ3v) is 2.78. The highest BCUT2D eigenvalue weighted by molar-refractivity contribution is 6.30. The summed E-state index contributed by atoms with van der Waals surface area (Å²) in [6.07, 6.45) is 0. The van der Waals surface area contributed by atoms with Crippen molar-refractivity contribution in [3.63, 3.8) is 0 Å². The Morgan fingerprint density at radius 1 is 1.29 bits per heavy atom. The van der Waals surface area contributed by atoms with E-state index in [-0.39, 0.29) is 6.61 Å². The van der Waals surface area contributed by atoms with Gasteiger partial charge in [0.25, 0.3) is 0 Å². The van der Waals surface area contributed by atoms with E-state index in [1.54, 1.807) is 14.0 Å². The summed E-state index contributed by atoms with van der Waals surface area (Å²) in [6, 6.07) is 0. The van der Waals surface area contributed by atoms with Gasteiger partial charge in [-0.3, -0.25) is 0 Å². The molecule has 0 saturated heterocycles. The number of aliphatic hydroxyl groups excluding tert-OH is 1. The minimum Gasteiger partial charge on any atom is -0.395 e. The molecule has 0 unspecified atom stereocenters. The van der Waals surface area contributed by atoms with Gasteiger partial charge in [0, 0.05) is 25.8 Å². The lowest BCUT2D eigenvalue weighted by molar-refractivity contribution is 0.202. The smallest absolute Gasteiger partial charge is 0.137 e. The van der Waals surface area contributed by atoms with Gasteiger partial charge < -0.3 is 14.7 Å². The van der Waals surface area contributed by atoms with Gasteiger partial charge in [0.05, 0.1) is 13.2 Å². The molecule has 0 radical (unpaired) electrons. The Bertz CT molecular complexity index is 374. The number of methoxy groups -OCH3 is 1. The van der Waals surface area contributed by atoms with Crippen LogP contribution in [0.1, 0.15) is 11.4 Å². The average molecular weight is 260 g/mol. The minimum atomic E-state index is 0.0593. The Balaban J connectivity index is 2.99. The van der Waals surface area contributed by atoms with Gasteiger partial charge in [0.1, 0.15) is 16.8 Å². The zero-order chi connectivity index (χ0) is 12.8. The molecule has 1 rings (SSSR count). The third-order valence-electron chi connectivity index (χ3n) is 2.41. The summed E-state index contributed by atoms with van der Waals surface area (Å²) < 4.78 is 5.04. The van der Waals surface area contributed by atoms with Crippen molar-refractivity contribution in [2.75, 3.05) is 38.3 Å². The largest absolute Gasteiger partial charge is 0.395 e. The number of nitrogens with zero attached hydrogens (tertiary/aromatic N) is 3. The number of ether oxygens (including phenoxy) is 1. The highest BCUT2D eigenvalue weighted by atomic mass is 35.5. The van der Waals surface area contributed by atoms with Gasteiger partial charge in [-0.25, -0.2) is 9.97 Å². The Morgan fingerprint density at radius 3 is 2.59 bits per heavy atom. The van der Waals surface area contributed by atoms with Crippen LogP contribution in [0.25, 0.3) is 0 Å². The molecule has 0 bridgehead atoms. The van der Waals surface area contributed by atoms with Crippen molar-refractivity contribution in [2.24, 2.45) is 0 Å². The van der Waals surface area contributed by atoms with Gasteiger partial charge in [-0.2, -0.15) is 0 Å². The monoisotopic (exact) mass is 259 g/mol. The maximum Gasteiger partial charge on any atom is 0.137 e. The van der Waals surface area contributed by atoms with Crippen LogP contribution >= 0.6 is 11.6 Å². The van der Waals surface area contributed by atoms with Crippen LogP contribution in [0.3, 0.4) is 0 Å². The second-order valence-electron chi connectivity index (χ2n) is 3.71. The first-order chi connectivity index (χ1) is 8.10. The Kier molecular flexibility index (Phi) is 5.61. The molecule has 1 heterocycles. The van der Waals surface area contributed by atoms with E-state index in [1.165, 1.54) is 0 Å². The van der Waals surface area contributed by atoms with Crippen LogP contribution in [-0.2, 0) is 4.74 Å². The fraction of sp³-hybridized carbons (Fsp3) is 0.636. The molecule has 5 nitrogen and oxygen atoms in total. The van der Waals surface area contributed by atoms with E-state index in [4.69, 9.17) is 21.4 Å². The molecule has 0 fully saturated rings. The summed E-state index contributed by atoms with van der Waals surface area (Å²) in [5.41, 5.74) is 0.821. The molecule has 1 N–H and O–H groups in total. The maximum atomic E-state index is 9.07. The SMILES string of the molecule is COCCN(CCO)c1nc(C)nc(Cl)c1C. The van der Waals surface area contributed by atoms with Crippen molar-refractivity contribution < 1.29 is 9.84 Å². The highest BCUT2D eigenvalue weighted by Gasteiger charge is 2.14. The number of hydrogen-bond acceptors (Lipinski definition) is 5. The molecule has 96 valence electrons. The fourth-order valence-corrected chi connectivity index (χ4v) is 1.74. The molecule has 0 aliphatic heterocycles. The summed E-state index contributed by atoms with van der Waals surface area (Å²) in [5, 5.41) is 9.52. The fourth-order valence-electron chi connectivity index (χ4n) is 1.53. The lowest BCUT2D eigenvalue weighted by Gasteiger charge is -2.24. The predicted molar refractivity (Wildman–Crippen MR) is 67.7 cm³/mol. The molecule has 0 aromatic carbocycles. The molecule has 0 atom stereocenters. The van der Waals surface area contributed by atoms with Crippen molar-refractivity contribution in [1.82, 2.24) is 9.97 Å². The molecule has 0 aliphatic rings. The quantitative estimate of drug-likeness (QED) is 0.778.